The molecule has 1 aliphatic carbocycles. The van der Waals surface area contributed by atoms with E-state index < -0.39 is 0 Å². The predicted molar refractivity (Wildman–Crippen MR) is 75.7 cm³/mol. The van der Waals surface area contributed by atoms with Crippen LogP contribution in [0.1, 0.15) is 47.0 Å². The summed E-state index contributed by atoms with van der Waals surface area (Å²) in [6, 6.07) is 1.11. The van der Waals surface area contributed by atoms with E-state index in [1.807, 2.05) is 0 Å². The summed E-state index contributed by atoms with van der Waals surface area (Å²) in [4.78, 5) is 5.11. The Morgan fingerprint density at radius 1 is 1.22 bits per heavy atom. The fourth-order valence-corrected chi connectivity index (χ4v) is 3.50. The first-order valence-electron chi connectivity index (χ1n) is 7.62. The van der Waals surface area contributed by atoms with Crippen LogP contribution in [0.25, 0.3) is 0 Å². The molecule has 2 aliphatic rings. The number of hydrogen-bond acceptors (Lipinski definition) is 3. The number of aliphatic hydroxyl groups excluding tert-OH is 1. The van der Waals surface area contributed by atoms with Crippen LogP contribution in [0.15, 0.2) is 0 Å². The van der Waals surface area contributed by atoms with Crippen molar-refractivity contribution in [3.8, 4) is 0 Å². The van der Waals surface area contributed by atoms with Crippen molar-refractivity contribution in [2.24, 2.45) is 5.41 Å². The maximum Gasteiger partial charge on any atom is 0.0746 e. The number of rotatable bonds is 3. The van der Waals surface area contributed by atoms with Gasteiger partial charge >= 0.3 is 0 Å². The van der Waals surface area contributed by atoms with Gasteiger partial charge in [0, 0.05) is 38.3 Å². The van der Waals surface area contributed by atoms with Crippen LogP contribution in [0.3, 0.4) is 0 Å². The molecule has 0 amide bonds. The van der Waals surface area contributed by atoms with Crippen molar-refractivity contribution in [3.05, 3.63) is 0 Å². The van der Waals surface area contributed by atoms with Crippen molar-refractivity contribution in [1.82, 2.24) is 9.80 Å². The maximum atomic E-state index is 10.4. The molecule has 3 heteroatoms. The fraction of sp³-hybridized carbons (Fsp3) is 1.00. The Bertz CT molecular complexity index is 272. The molecular weight excluding hydrogens is 224 g/mol. The molecular formula is C15H30N2O. The number of hydrogen-bond donors (Lipinski definition) is 1. The minimum absolute atomic E-state index is 0.110. The quantitative estimate of drug-likeness (QED) is 0.834. The van der Waals surface area contributed by atoms with Crippen LogP contribution in [0.2, 0.25) is 0 Å². The Labute approximate surface area is 112 Å². The van der Waals surface area contributed by atoms with E-state index in [0.717, 1.165) is 25.9 Å². The zero-order valence-electron chi connectivity index (χ0n) is 12.5. The second-order valence-electron chi connectivity index (χ2n) is 6.87. The fourth-order valence-electron chi connectivity index (χ4n) is 3.50. The first-order valence-corrected chi connectivity index (χ1v) is 7.62. The van der Waals surface area contributed by atoms with Gasteiger partial charge in [0.15, 0.2) is 0 Å². The summed E-state index contributed by atoms with van der Waals surface area (Å²) in [7, 11) is 0. The molecule has 2 rings (SSSR count). The Hall–Kier alpha value is -0.120. The molecule has 0 radical (unpaired) electrons. The van der Waals surface area contributed by atoms with E-state index in [2.05, 4.69) is 37.5 Å². The van der Waals surface area contributed by atoms with Crippen LogP contribution in [-0.2, 0) is 0 Å². The molecule has 1 saturated heterocycles. The monoisotopic (exact) mass is 254 g/mol. The van der Waals surface area contributed by atoms with Crippen LogP contribution < -0.4 is 0 Å². The molecule has 1 N–H and O–H groups in total. The Balaban J connectivity index is 1.87. The van der Waals surface area contributed by atoms with Gasteiger partial charge in [0.1, 0.15) is 0 Å². The van der Waals surface area contributed by atoms with E-state index in [9.17, 15) is 5.11 Å². The smallest absolute Gasteiger partial charge is 0.0746 e. The van der Waals surface area contributed by atoms with Crippen molar-refractivity contribution in [2.45, 2.75) is 65.1 Å². The lowest BCUT2D eigenvalue weighted by Gasteiger charge is -2.42. The van der Waals surface area contributed by atoms with Gasteiger partial charge in [-0.3, -0.25) is 9.80 Å². The number of nitrogens with zero attached hydrogens (tertiary/aromatic N) is 2. The molecule has 0 aromatic carbocycles. The molecule has 1 heterocycles. The molecule has 3 nitrogen and oxygen atoms in total. The highest BCUT2D eigenvalue weighted by molar-refractivity contribution is 4.97. The van der Waals surface area contributed by atoms with Crippen molar-refractivity contribution >= 4 is 0 Å². The van der Waals surface area contributed by atoms with Gasteiger partial charge in [0.05, 0.1) is 6.10 Å². The van der Waals surface area contributed by atoms with Crippen LogP contribution in [-0.4, -0.2) is 59.3 Å². The van der Waals surface area contributed by atoms with Crippen LogP contribution in [0.4, 0.5) is 0 Å². The zero-order chi connectivity index (χ0) is 13.3. The van der Waals surface area contributed by atoms with Crippen molar-refractivity contribution in [3.63, 3.8) is 0 Å². The first-order chi connectivity index (χ1) is 8.45. The van der Waals surface area contributed by atoms with E-state index in [4.69, 9.17) is 0 Å². The standard InChI is InChI=1S/C15H30N2O/c1-5-12(2)16-8-10-17(11-9-16)13-6-7-15(3,4)14(13)18/h12-14,18H,5-11H2,1-4H3. The second-order valence-corrected chi connectivity index (χ2v) is 6.87. The van der Waals surface area contributed by atoms with Gasteiger partial charge in [-0.05, 0) is 31.6 Å². The summed E-state index contributed by atoms with van der Waals surface area (Å²) in [5.74, 6) is 0. The van der Waals surface area contributed by atoms with Gasteiger partial charge in [-0.1, -0.05) is 20.8 Å². The van der Waals surface area contributed by atoms with Crippen LogP contribution in [0, 0.1) is 5.41 Å². The van der Waals surface area contributed by atoms with Gasteiger partial charge in [-0.15, -0.1) is 0 Å². The Morgan fingerprint density at radius 2 is 1.83 bits per heavy atom. The third-order valence-electron chi connectivity index (χ3n) is 5.28. The number of piperazine rings is 1. The second kappa shape index (κ2) is 5.48. The Kier molecular flexibility index (Phi) is 4.35. The predicted octanol–water partition coefficient (Wildman–Crippen LogP) is 1.95. The summed E-state index contributed by atoms with van der Waals surface area (Å²) in [6.07, 6.45) is 3.41. The van der Waals surface area contributed by atoms with E-state index in [1.165, 1.54) is 19.5 Å². The average Bonchev–Trinajstić information content (AvgIpc) is 2.64. The van der Waals surface area contributed by atoms with Crippen LogP contribution in [0.5, 0.6) is 0 Å². The lowest BCUT2D eigenvalue weighted by molar-refractivity contribution is -0.00811. The average molecular weight is 254 g/mol. The molecule has 0 aromatic rings. The van der Waals surface area contributed by atoms with Gasteiger partial charge in [-0.2, -0.15) is 0 Å². The molecule has 1 saturated carbocycles. The summed E-state index contributed by atoms with van der Waals surface area (Å²) in [6.45, 7) is 13.6. The van der Waals surface area contributed by atoms with E-state index in [0.29, 0.717) is 12.1 Å². The highest BCUT2D eigenvalue weighted by atomic mass is 16.3. The van der Waals surface area contributed by atoms with Gasteiger partial charge in [0.2, 0.25) is 0 Å². The molecule has 3 unspecified atom stereocenters. The van der Waals surface area contributed by atoms with Gasteiger partial charge in [0.25, 0.3) is 0 Å². The van der Waals surface area contributed by atoms with Crippen molar-refractivity contribution < 1.29 is 5.11 Å². The van der Waals surface area contributed by atoms with Gasteiger partial charge < -0.3 is 5.11 Å². The van der Waals surface area contributed by atoms with E-state index in [1.54, 1.807) is 0 Å². The zero-order valence-corrected chi connectivity index (χ0v) is 12.5. The lowest BCUT2D eigenvalue weighted by Crippen LogP contribution is -2.55. The maximum absolute atomic E-state index is 10.4. The highest BCUT2D eigenvalue weighted by Gasteiger charge is 2.43. The molecule has 3 atom stereocenters. The van der Waals surface area contributed by atoms with Crippen molar-refractivity contribution in [2.75, 3.05) is 26.2 Å². The highest BCUT2D eigenvalue weighted by Crippen LogP contribution is 2.40. The first kappa shape index (κ1) is 14.3. The summed E-state index contributed by atoms with van der Waals surface area (Å²) in [5, 5.41) is 10.4. The largest absolute Gasteiger partial charge is 0.391 e. The summed E-state index contributed by atoms with van der Waals surface area (Å²) in [5.41, 5.74) is 0.110. The minimum atomic E-state index is -0.146. The molecule has 2 fully saturated rings. The molecule has 0 bridgehead atoms. The molecule has 106 valence electrons. The minimum Gasteiger partial charge on any atom is -0.391 e. The van der Waals surface area contributed by atoms with Crippen LogP contribution >= 0.6 is 0 Å². The summed E-state index contributed by atoms with van der Waals surface area (Å²) < 4.78 is 0. The Morgan fingerprint density at radius 3 is 2.28 bits per heavy atom. The van der Waals surface area contributed by atoms with Crippen molar-refractivity contribution in [1.29, 1.82) is 0 Å². The lowest BCUT2D eigenvalue weighted by atomic mass is 9.88. The normalized spacial score (nSPS) is 35.8. The topological polar surface area (TPSA) is 26.7 Å². The molecule has 18 heavy (non-hydrogen) atoms. The molecule has 0 aromatic heterocycles. The summed E-state index contributed by atoms with van der Waals surface area (Å²) >= 11 is 0. The molecule has 0 spiro atoms. The van der Waals surface area contributed by atoms with E-state index >= 15 is 0 Å². The third-order valence-corrected chi connectivity index (χ3v) is 5.28. The van der Waals surface area contributed by atoms with Gasteiger partial charge in [-0.25, -0.2) is 0 Å². The third kappa shape index (κ3) is 2.73. The SMILES string of the molecule is CCC(C)N1CCN(C2CCC(C)(C)C2O)CC1. The molecule has 1 aliphatic heterocycles. The number of aliphatic hydroxyl groups is 1. The van der Waals surface area contributed by atoms with E-state index in [-0.39, 0.29) is 11.5 Å².